The predicted molar refractivity (Wildman–Crippen MR) is 107 cm³/mol. The average molecular weight is 362 g/mol. The molecule has 0 atom stereocenters. The van der Waals surface area contributed by atoms with Crippen LogP contribution in [0.25, 0.3) is 11.0 Å². The summed E-state index contributed by atoms with van der Waals surface area (Å²) >= 11 is 6.08. The van der Waals surface area contributed by atoms with E-state index in [1.165, 1.54) is 22.3 Å². The molecule has 3 heterocycles. The van der Waals surface area contributed by atoms with E-state index in [0.29, 0.717) is 5.02 Å². The van der Waals surface area contributed by atoms with Gasteiger partial charge in [-0.2, -0.15) is 0 Å². The standard InChI is InChI=1S/C22H20ClN3/c1-15-2-4-16(5-3-15)6-8-20-9-7-17(12-24-20)10-18-13-25-22-21(18)11-19(23)14-26-22/h2-5,7,9,11-14H,6,8,10H2,1H3,(H,25,26). The minimum atomic E-state index is 0.655. The molecule has 4 aromatic rings. The molecule has 3 aromatic heterocycles. The molecule has 4 rings (SSSR count). The summed E-state index contributed by atoms with van der Waals surface area (Å²) in [4.78, 5) is 12.1. The van der Waals surface area contributed by atoms with Crippen molar-refractivity contribution in [2.24, 2.45) is 0 Å². The predicted octanol–water partition coefficient (Wildman–Crippen LogP) is 5.30. The molecule has 0 aliphatic heterocycles. The number of aryl methyl sites for hydroxylation is 3. The van der Waals surface area contributed by atoms with Crippen molar-refractivity contribution < 1.29 is 0 Å². The first-order valence-corrected chi connectivity index (χ1v) is 9.16. The molecule has 0 saturated heterocycles. The van der Waals surface area contributed by atoms with Crippen molar-refractivity contribution in [3.63, 3.8) is 0 Å². The van der Waals surface area contributed by atoms with Gasteiger partial charge >= 0.3 is 0 Å². The van der Waals surface area contributed by atoms with E-state index in [1.807, 2.05) is 18.5 Å². The molecule has 26 heavy (non-hydrogen) atoms. The number of rotatable bonds is 5. The molecule has 4 heteroatoms. The first-order chi connectivity index (χ1) is 12.7. The monoisotopic (exact) mass is 361 g/mol. The second kappa shape index (κ2) is 7.30. The molecule has 1 aromatic carbocycles. The highest BCUT2D eigenvalue weighted by molar-refractivity contribution is 6.31. The van der Waals surface area contributed by atoms with Crippen LogP contribution in [0.1, 0.15) is 27.9 Å². The lowest BCUT2D eigenvalue weighted by Crippen LogP contribution is -1.96. The highest BCUT2D eigenvalue weighted by Crippen LogP contribution is 2.22. The molecule has 0 bridgehead atoms. The van der Waals surface area contributed by atoms with E-state index in [4.69, 9.17) is 11.6 Å². The van der Waals surface area contributed by atoms with Gasteiger partial charge in [-0.05, 0) is 48.6 Å². The summed E-state index contributed by atoms with van der Waals surface area (Å²) < 4.78 is 0. The van der Waals surface area contributed by atoms with Crippen LogP contribution in [0.3, 0.4) is 0 Å². The molecule has 0 unspecified atom stereocenters. The number of aromatic nitrogens is 3. The molecular weight excluding hydrogens is 342 g/mol. The number of pyridine rings is 2. The Bertz CT molecular complexity index is 1020. The van der Waals surface area contributed by atoms with Gasteiger partial charge in [0.2, 0.25) is 0 Å². The Balaban J connectivity index is 1.43. The van der Waals surface area contributed by atoms with Gasteiger partial charge in [0.15, 0.2) is 0 Å². The van der Waals surface area contributed by atoms with Crippen LogP contribution in [0.15, 0.2) is 61.1 Å². The molecule has 130 valence electrons. The molecule has 1 N–H and O–H groups in total. The zero-order valence-corrected chi connectivity index (χ0v) is 15.4. The maximum atomic E-state index is 6.08. The number of nitrogens with zero attached hydrogens (tertiary/aromatic N) is 2. The van der Waals surface area contributed by atoms with Gasteiger partial charge in [-0.25, -0.2) is 4.98 Å². The average Bonchev–Trinajstić information content (AvgIpc) is 3.04. The molecule has 0 spiro atoms. The lowest BCUT2D eigenvalue weighted by Gasteiger charge is -2.05. The zero-order chi connectivity index (χ0) is 17.9. The van der Waals surface area contributed by atoms with Gasteiger partial charge in [-0.15, -0.1) is 0 Å². The van der Waals surface area contributed by atoms with Crippen molar-refractivity contribution in [2.45, 2.75) is 26.2 Å². The Morgan fingerprint density at radius 2 is 1.73 bits per heavy atom. The maximum absolute atomic E-state index is 6.08. The van der Waals surface area contributed by atoms with Gasteiger partial charge in [-0.3, -0.25) is 4.98 Å². The highest BCUT2D eigenvalue weighted by atomic mass is 35.5. The fourth-order valence-electron chi connectivity index (χ4n) is 3.13. The van der Waals surface area contributed by atoms with E-state index in [-0.39, 0.29) is 0 Å². The topological polar surface area (TPSA) is 41.6 Å². The Morgan fingerprint density at radius 3 is 2.50 bits per heavy atom. The highest BCUT2D eigenvalue weighted by Gasteiger charge is 2.07. The Labute approximate surface area is 158 Å². The summed E-state index contributed by atoms with van der Waals surface area (Å²) in [6.07, 6.45) is 8.41. The summed E-state index contributed by atoms with van der Waals surface area (Å²) in [5.74, 6) is 0. The van der Waals surface area contributed by atoms with Crippen molar-refractivity contribution in [3.8, 4) is 0 Å². The van der Waals surface area contributed by atoms with Crippen LogP contribution < -0.4 is 0 Å². The van der Waals surface area contributed by atoms with Gasteiger partial charge in [0, 0.05) is 36.1 Å². The van der Waals surface area contributed by atoms with E-state index in [1.54, 1.807) is 6.20 Å². The second-order valence-electron chi connectivity index (χ2n) is 6.68. The second-order valence-corrected chi connectivity index (χ2v) is 7.12. The Morgan fingerprint density at radius 1 is 0.923 bits per heavy atom. The number of hydrogen-bond acceptors (Lipinski definition) is 2. The largest absolute Gasteiger partial charge is 0.346 e. The van der Waals surface area contributed by atoms with Crippen LogP contribution in [0.5, 0.6) is 0 Å². The third kappa shape index (κ3) is 3.78. The van der Waals surface area contributed by atoms with Gasteiger partial charge in [0.25, 0.3) is 0 Å². The molecule has 0 aliphatic carbocycles. The Kier molecular flexibility index (Phi) is 4.72. The molecule has 0 amide bonds. The zero-order valence-electron chi connectivity index (χ0n) is 14.7. The van der Waals surface area contributed by atoms with E-state index >= 15 is 0 Å². The number of hydrogen-bond donors (Lipinski definition) is 1. The van der Waals surface area contributed by atoms with Crippen LogP contribution in [-0.2, 0) is 19.3 Å². The van der Waals surface area contributed by atoms with Crippen molar-refractivity contribution in [3.05, 3.63) is 94.0 Å². The summed E-state index contributed by atoms with van der Waals surface area (Å²) in [6, 6.07) is 15.0. The lowest BCUT2D eigenvalue weighted by atomic mass is 10.0. The first-order valence-electron chi connectivity index (χ1n) is 8.78. The van der Waals surface area contributed by atoms with Crippen LogP contribution in [0, 0.1) is 6.92 Å². The minimum absolute atomic E-state index is 0.655. The summed E-state index contributed by atoms with van der Waals surface area (Å²) in [6.45, 7) is 2.11. The van der Waals surface area contributed by atoms with Crippen LogP contribution >= 0.6 is 11.6 Å². The summed E-state index contributed by atoms with van der Waals surface area (Å²) in [5.41, 5.74) is 7.01. The number of aromatic amines is 1. The smallest absolute Gasteiger partial charge is 0.137 e. The van der Waals surface area contributed by atoms with E-state index in [9.17, 15) is 0 Å². The number of benzene rings is 1. The van der Waals surface area contributed by atoms with Crippen molar-refractivity contribution in [2.75, 3.05) is 0 Å². The van der Waals surface area contributed by atoms with Crippen LogP contribution in [-0.4, -0.2) is 15.0 Å². The first kappa shape index (κ1) is 16.8. The fourth-order valence-corrected chi connectivity index (χ4v) is 3.29. The van der Waals surface area contributed by atoms with E-state index in [2.05, 4.69) is 58.3 Å². The quantitative estimate of drug-likeness (QED) is 0.524. The van der Waals surface area contributed by atoms with Crippen LogP contribution in [0.4, 0.5) is 0 Å². The Hall–Kier alpha value is -2.65. The molecular formula is C22H20ClN3. The van der Waals surface area contributed by atoms with Gasteiger partial charge in [0.05, 0.1) is 5.02 Å². The van der Waals surface area contributed by atoms with E-state index < -0.39 is 0 Å². The normalized spacial score (nSPS) is 11.2. The number of halogens is 1. The van der Waals surface area contributed by atoms with Gasteiger partial charge in [-0.1, -0.05) is 47.5 Å². The number of nitrogens with one attached hydrogen (secondary N) is 1. The van der Waals surface area contributed by atoms with Crippen molar-refractivity contribution in [1.82, 2.24) is 15.0 Å². The summed E-state index contributed by atoms with van der Waals surface area (Å²) in [7, 11) is 0. The molecule has 3 nitrogen and oxygen atoms in total. The lowest BCUT2D eigenvalue weighted by molar-refractivity contribution is 0.907. The van der Waals surface area contributed by atoms with E-state index in [0.717, 1.165) is 36.0 Å². The minimum Gasteiger partial charge on any atom is -0.346 e. The van der Waals surface area contributed by atoms with Gasteiger partial charge in [0.1, 0.15) is 5.65 Å². The molecule has 0 aliphatic rings. The number of fused-ring (bicyclic) bond motifs is 1. The molecule has 0 saturated carbocycles. The number of H-pyrrole nitrogens is 1. The molecule has 0 fully saturated rings. The third-order valence-electron chi connectivity index (χ3n) is 4.65. The fraction of sp³-hybridized carbons (Fsp3) is 0.182. The van der Waals surface area contributed by atoms with Crippen molar-refractivity contribution >= 4 is 22.6 Å². The molecule has 0 radical (unpaired) electrons. The maximum Gasteiger partial charge on any atom is 0.137 e. The van der Waals surface area contributed by atoms with Crippen LogP contribution in [0.2, 0.25) is 5.02 Å². The van der Waals surface area contributed by atoms with Gasteiger partial charge < -0.3 is 4.98 Å². The third-order valence-corrected chi connectivity index (χ3v) is 4.86. The SMILES string of the molecule is Cc1ccc(CCc2ccc(Cc3c[nH]c4ncc(Cl)cc34)cn2)cc1. The van der Waals surface area contributed by atoms with Crippen molar-refractivity contribution in [1.29, 1.82) is 0 Å². The summed E-state index contributed by atoms with van der Waals surface area (Å²) in [5, 5.41) is 1.73.